The molecule has 2 heterocycles. The second-order valence-corrected chi connectivity index (χ2v) is 8.09. The minimum atomic E-state index is -1.69. The Bertz CT molecular complexity index is 854. The highest BCUT2D eigenvalue weighted by Crippen LogP contribution is 2.30. The van der Waals surface area contributed by atoms with Crippen molar-refractivity contribution in [2.75, 3.05) is 6.61 Å². The van der Waals surface area contributed by atoms with E-state index in [1.54, 1.807) is 0 Å². The van der Waals surface area contributed by atoms with Gasteiger partial charge >= 0.3 is 0 Å². The summed E-state index contributed by atoms with van der Waals surface area (Å²) in [5.74, 6) is -0.429. The molecule has 2 aliphatic rings. The second-order valence-electron chi connectivity index (χ2n) is 8.09. The number of rotatable bonds is 7. The normalized spacial score (nSPS) is 38.2. The van der Waals surface area contributed by atoms with Crippen molar-refractivity contribution in [1.82, 2.24) is 5.32 Å². The number of nitrogens with zero attached hydrogens (tertiary/aromatic N) is 1. The van der Waals surface area contributed by atoms with E-state index in [4.69, 9.17) is 18.9 Å². The number of amides is 1. The first-order chi connectivity index (χ1) is 16.0. The van der Waals surface area contributed by atoms with Gasteiger partial charge in [-0.2, -0.15) is 0 Å². The van der Waals surface area contributed by atoms with Crippen LogP contribution in [0.25, 0.3) is 0 Å². The van der Waals surface area contributed by atoms with Crippen LogP contribution < -0.4 is 10.1 Å². The number of aliphatic hydroxyl groups is 5. The summed E-state index contributed by atoms with van der Waals surface area (Å²) in [5.41, 5.74) is -0.182. The van der Waals surface area contributed by atoms with Crippen LogP contribution in [-0.4, -0.2) is 104 Å². The number of carbonyl (C=O) groups is 1. The standard InChI is InChI=1S/C20H28N2O12/c1-8-14(25)16(27)17(28)20(31-8)34-18-13(21-9(2)24)19(33-12(7-23)15(18)26)32-11-5-3-10(4-6-11)22(29)30/h3-6,8,12-20,23,25-28H,7H2,1-2H3,(H,21,24)/t8?,12?,13?,14-,15-,16?,17?,18?,19-,20+/m1/s1. The number of carbonyl (C=O) groups excluding carboxylic acids is 1. The van der Waals surface area contributed by atoms with Gasteiger partial charge in [-0.3, -0.25) is 14.9 Å². The molecule has 6 N–H and O–H groups in total. The highest BCUT2D eigenvalue weighted by Gasteiger charge is 2.51. The van der Waals surface area contributed by atoms with Gasteiger partial charge in [-0.1, -0.05) is 0 Å². The number of nitrogens with one attached hydrogen (secondary N) is 1. The van der Waals surface area contributed by atoms with Gasteiger partial charge in [0.25, 0.3) is 5.69 Å². The van der Waals surface area contributed by atoms with Gasteiger partial charge < -0.3 is 49.8 Å². The molecule has 190 valence electrons. The second kappa shape index (κ2) is 10.9. The third-order valence-electron chi connectivity index (χ3n) is 5.62. The Balaban J connectivity index is 1.87. The number of aliphatic hydroxyl groups excluding tert-OH is 5. The maximum absolute atomic E-state index is 11.9. The molecule has 3 rings (SSSR count). The smallest absolute Gasteiger partial charge is 0.269 e. The third kappa shape index (κ3) is 5.61. The molecule has 6 unspecified atom stereocenters. The number of nitro benzene ring substituents is 1. The average molecular weight is 488 g/mol. The van der Waals surface area contributed by atoms with Crippen LogP contribution in [0.2, 0.25) is 0 Å². The lowest BCUT2D eigenvalue weighted by molar-refractivity contribution is -0.384. The number of nitro groups is 1. The maximum atomic E-state index is 11.9. The number of ether oxygens (including phenoxy) is 4. The Morgan fingerprint density at radius 1 is 1.06 bits per heavy atom. The molecular formula is C20H28N2O12. The van der Waals surface area contributed by atoms with Crippen molar-refractivity contribution < 1.29 is 54.2 Å². The first-order valence-corrected chi connectivity index (χ1v) is 10.5. The zero-order valence-corrected chi connectivity index (χ0v) is 18.3. The number of non-ortho nitro benzene ring substituents is 1. The van der Waals surface area contributed by atoms with E-state index in [2.05, 4.69) is 5.32 Å². The quantitative estimate of drug-likeness (QED) is 0.178. The molecule has 0 aliphatic carbocycles. The fraction of sp³-hybridized carbons (Fsp3) is 0.650. The minimum Gasteiger partial charge on any atom is -0.463 e. The maximum Gasteiger partial charge on any atom is 0.269 e. The van der Waals surface area contributed by atoms with Gasteiger partial charge in [-0.05, 0) is 19.1 Å². The zero-order valence-electron chi connectivity index (χ0n) is 18.3. The summed E-state index contributed by atoms with van der Waals surface area (Å²) < 4.78 is 22.5. The van der Waals surface area contributed by atoms with Gasteiger partial charge in [0.2, 0.25) is 12.2 Å². The van der Waals surface area contributed by atoms with Crippen molar-refractivity contribution in [2.24, 2.45) is 0 Å². The van der Waals surface area contributed by atoms with Crippen molar-refractivity contribution in [3.63, 3.8) is 0 Å². The zero-order chi connectivity index (χ0) is 25.2. The number of benzene rings is 1. The molecule has 14 heteroatoms. The van der Waals surface area contributed by atoms with E-state index in [0.29, 0.717) is 0 Å². The van der Waals surface area contributed by atoms with Crippen molar-refractivity contribution in [3.8, 4) is 5.75 Å². The van der Waals surface area contributed by atoms with Crippen LogP contribution >= 0.6 is 0 Å². The topological polar surface area (TPSA) is 210 Å². The van der Waals surface area contributed by atoms with Gasteiger partial charge in [0.1, 0.15) is 48.4 Å². The lowest BCUT2D eigenvalue weighted by Crippen LogP contribution is -2.68. The predicted molar refractivity (Wildman–Crippen MR) is 110 cm³/mol. The fourth-order valence-corrected chi connectivity index (χ4v) is 3.78. The summed E-state index contributed by atoms with van der Waals surface area (Å²) in [6, 6.07) is 3.78. The molecule has 0 bridgehead atoms. The van der Waals surface area contributed by atoms with Crippen LogP contribution in [0.5, 0.6) is 5.75 Å². The monoisotopic (exact) mass is 488 g/mol. The summed E-state index contributed by atoms with van der Waals surface area (Å²) in [5, 5.41) is 64.1. The third-order valence-corrected chi connectivity index (χ3v) is 5.62. The Kier molecular flexibility index (Phi) is 8.38. The molecule has 0 aromatic heterocycles. The van der Waals surface area contributed by atoms with E-state index in [0.717, 1.165) is 0 Å². The largest absolute Gasteiger partial charge is 0.463 e. The van der Waals surface area contributed by atoms with E-state index in [-0.39, 0.29) is 11.4 Å². The van der Waals surface area contributed by atoms with Crippen molar-refractivity contribution in [3.05, 3.63) is 34.4 Å². The molecule has 2 saturated heterocycles. The minimum absolute atomic E-state index is 0.124. The molecule has 0 radical (unpaired) electrons. The summed E-state index contributed by atoms with van der Waals surface area (Å²) >= 11 is 0. The highest BCUT2D eigenvalue weighted by atomic mass is 16.7. The van der Waals surface area contributed by atoms with E-state index in [9.17, 15) is 40.4 Å². The molecule has 10 atom stereocenters. The molecule has 0 saturated carbocycles. The van der Waals surface area contributed by atoms with Crippen molar-refractivity contribution in [1.29, 1.82) is 0 Å². The summed E-state index contributed by atoms with van der Waals surface area (Å²) in [4.78, 5) is 22.2. The van der Waals surface area contributed by atoms with Gasteiger partial charge in [-0.15, -0.1) is 0 Å². The molecule has 0 spiro atoms. The van der Waals surface area contributed by atoms with Gasteiger partial charge in [-0.25, -0.2) is 0 Å². The number of hydrogen-bond acceptors (Lipinski definition) is 12. The molecule has 1 amide bonds. The molecule has 2 fully saturated rings. The van der Waals surface area contributed by atoms with Crippen LogP contribution in [0, 0.1) is 10.1 Å². The van der Waals surface area contributed by atoms with E-state index < -0.39 is 78.8 Å². The van der Waals surface area contributed by atoms with Gasteiger partial charge in [0.15, 0.2) is 6.29 Å². The van der Waals surface area contributed by atoms with Crippen LogP contribution in [0.15, 0.2) is 24.3 Å². The number of hydrogen-bond donors (Lipinski definition) is 6. The van der Waals surface area contributed by atoms with Gasteiger partial charge in [0, 0.05) is 19.1 Å². The molecule has 2 aliphatic heterocycles. The van der Waals surface area contributed by atoms with Crippen LogP contribution in [0.1, 0.15) is 13.8 Å². The SMILES string of the molecule is CC(=O)NC1C(O[C@@H]2OC(C)[C@@H](O)C(O)C2O)[C@H](O)C(CO)O[C@H]1Oc1ccc([N+](=O)[O-])cc1. The average Bonchev–Trinajstić information content (AvgIpc) is 2.79. The summed E-state index contributed by atoms with van der Waals surface area (Å²) in [6.07, 6.45) is -12.6. The highest BCUT2D eigenvalue weighted by molar-refractivity contribution is 5.73. The van der Waals surface area contributed by atoms with Crippen molar-refractivity contribution in [2.45, 2.75) is 75.2 Å². The summed E-state index contributed by atoms with van der Waals surface area (Å²) in [7, 11) is 0. The molecular weight excluding hydrogens is 460 g/mol. The lowest BCUT2D eigenvalue weighted by atomic mass is 9.95. The van der Waals surface area contributed by atoms with E-state index in [1.165, 1.54) is 38.1 Å². The van der Waals surface area contributed by atoms with Gasteiger partial charge in [0.05, 0.1) is 17.6 Å². The predicted octanol–water partition coefficient (Wildman–Crippen LogP) is -2.23. The Morgan fingerprint density at radius 2 is 1.71 bits per heavy atom. The molecule has 34 heavy (non-hydrogen) atoms. The van der Waals surface area contributed by atoms with E-state index in [1.807, 2.05) is 0 Å². The first-order valence-electron chi connectivity index (χ1n) is 10.5. The van der Waals surface area contributed by atoms with E-state index >= 15 is 0 Å². The Labute approximate surface area is 193 Å². The Morgan fingerprint density at radius 3 is 2.26 bits per heavy atom. The molecule has 1 aromatic carbocycles. The van der Waals surface area contributed by atoms with Crippen molar-refractivity contribution >= 4 is 11.6 Å². The van der Waals surface area contributed by atoms with Crippen LogP contribution in [0.4, 0.5) is 5.69 Å². The molecule has 14 nitrogen and oxygen atoms in total. The molecule has 1 aromatic rings. The lowest BCUT2D eigenvalue weighted by Gasteiger charge is -2.47. The summed E-state index contributed by atoms with van der Waals surface area (Å²) in [6.45, 7) is 1.97. The Hall–Kier alpha value is -2.43. The fourth-order valence-electron chi connectivity index (χ4n) is 3.78. The first kappa shape index (κ1) is 26.2. The van der Waals surface area contributed by atoms with Crippen LogP contribution in [0.3, 0.4) is 0 Å². The van der Waals surface area contributed by atoms with Crippen LogP contribution in [-0.2, 0) is 19.0 Å².